The molecule has 2 aliphatic rings. The molecule has 1 amide bonds. The van der Waals surface area contributed by atoms with Gasteiger partial charge >= 0.3 is 0 Å². The number of carbonyl (C=O) groups is 1. The first kappa shape index (κ1) is 14.9. The standard InChI is InChI=1S/C16H21BrN2O2/c1-10-6-12(17)7-11(8-18-13-2-3-13)16(10)21-9-15(20)19-14-4-5-14/h6-7,13-14,18H,2-5,8-9H2,1H3,(H,19,20). The second-order valence-corrected chi connectivity index (χ2v) is 6.91. The van der Waals surface area contributed by atoms with E-state index in [2.05, 4.69) is 32.6 Å². The lowest BCUT2D eigenvalue weighted by Gasteiger charge is -2.15. The van der Waals surface area contributed by atoms with Crippen LogP contribution in [0.25, 0.3) is 0 Å². The molecule has 114 valence electrons. The van der Waals surface area contributed by atoms with Gasteiger partial charge in [0.05, 0.1) is 0 Å². The zero-order valence-electron chi connectivity index (χ0n) is 12.2. The lowest BCUT2D eigenvalue weighted by molar-refractivity contribution is -0.123. The van der Waals surface area contributed by atoms with E-state index in [1.807, 2.05) is 13.0 Å². The predicted octanol–water partition coefficient (Wildman–Crippen LogP) is 2.67. The Kier molecular flexibility index (Phi) is 4.50. The number of aryl methyl sites for hydroxylation is 1. The molecule has 0 unspecified atom stereocenters. The molecule has 1 aromatic carbocycles. The Morgan fingerprint density at radius 3 is 2.67 bits per heavy atom. The zero-order valence-corrected chi connectivity index (χ0v) is 13.8. The number of hydrogen-bond donors (Lipinski definition) is 2. The number of ether oxygens (including phenoxy) is 1. The molecule has 0 heterocycles. The van der Waals surface area contributed by atoms with E-state index in [0.717, 1.165) is 40.7 Å². The Balaban J connectivity index is 1.63. The highest BCUT2D eigenvalue weighted by Crippen LogP contribution is 2.29. The van der Waals surface area contributed by atoms with Gasteiger partial charge in [-0.05, 0) is 50.3 Å². The van der Waals surface area contributed by atoms with E-state index in [0.29, 0.717) is 12.1 Å². The largest absolute Gasteiger partial charge is 0.483 e. The lowest BCUT2D eigenvalue weighted by atomic mass is 10.1. The van der Waals surface area contributed by atoms with Gasteiger partial charge in [-0.3, -0.25) is 4.79 Å². The van der Waals surface area contributed by atoms with E-state index < -0.39 is 0 Å². The molecule has 2 fully saturated rings. The molecule has 0 aliphatic heterocycles. The minimum atomic E-state index is -0.0269. The molecule has 2 N–H and O–H groups in total. The third-order valence-corrected chi connectivity index (χ3v) is 4.22. The van der Waals surface area contributed by atoms with Crippen LogP contribution in [0.3, 0.4) is 0 Å². The maximum absolute atomic E-state index is 11.8. The van der Waals surface area contributed by atoms with Gasteiger partial charge in [0.1, 0.15) is 5.75 Å². The number of rotatable bonds is 7. The average Bonchev–Trinajstić information content (AvgIpc) is 3.30. The quantitative estimate of drug-likeness (QED) is 0.793. The van der Waals surface area contributed by atoms with Crippen LogP contribution in [0.4, 0.5) is 0 Å². The van der Waals surface area contributed by atoms with Crippen LogP contribution in [0.15, 0.2) is 16.6 Å². The number of amides is 1. The third-order valence-electron chi connectivity index (χ3n) is 3.76. The van der Waals surface area contributed by atoms with Crippen LogP contribution in [0.2, 0.25) is 0 Å². The van der Waals surface area contributed by atoms with Crippen molar-refractivity contribution >= 4 is 21.8 Å². The van der Waals surface area contributed by atoms with Crippen molar-refractivity contribution in [1.82, 2.24) is 10.6 Å². The topological polar surface area (TPSA) is 50.4 Å². The lowest BCUT2D eigenvalue weighted by Crippen LogP contribution is -2.30. The molecule has 3 rings (SSSR count). The van der Waals surface area contributed by atoms with Crippen LogP contribution in [0.1, 0.15) is 36.8 Å². The van der Waals surface area contributed by atoms with Crippen LogP contribution in [-0.2, 0) is 11.3 Å². The van der Waals surface area contributed by atoms with Crippen molar-refractivity contribution in [2.75, 3.05) is 6.61 Å². The first-order valence-corrected chi connectivity index (χ1v) is 8.35. The smallest absolute Gasteiger partial charge is 0.258 e. The van der Waals surface area contributed by atoms with Gasteiger partial charge in [-0.15, -0.1) is 0 Å². The maximum atomic E-state index is 11.8. The number of benzene rings is 1. The molecular weight excluding hydrogens is 332 g/mol. The predicted molar refractivity (Wildman–Crippen MR) is 85.4 cm³/mol. The van der Waals surface area contributed by atoms with Gasteiger partial charge in [0.2, 0.25) is 0 Å². The summed E-state index contributed by atoms with van der Waals surface area (Å²) in [6, 6.07) is 5.11. The minimum Gasteiger partial charge on any atom is -0.483 e. The maximum Gasteiger partial charge on any atom is 0.258 e. The van der Waals surface area contributed by atoms with Gasteiger partial charge in [-0.1, -0.05) is 15.9 Å². The summed E-state index contributed by atoms with van der Waals surface area (Å²) in [6.45, 7) is 2.89. The first-order chi connectivity index (χ1) is 10.1. The molecule has 0 bridgehead atoms. The van der Waals surface area contributed by atoms with E-state index in [4.69, 9.17) is 4.74 Å². The van der Waals surface area contributed by atoms with Crippen molar-refractivity contribution < 1.29 is 9.53 Å². The molecule has 21 heavy (non-hydrogen) atoms. The molecule has 4 nitrogen and oxygen atoms in total. The fourth-order valence-electron chi connectivity index (χ4n) is 2.31. The fraction of sp³-hybridized carbons (Fsp3) is 0.562. The Labute approximate surface area is 133 Å². The molecule has 1 aromatic rings. The second kappa shape index (κ2) is 6.36. The number of hydrogen-bond acceptors (Lipinski definition) is 3. The van der Waals surface area contributed by atoms with Crippen LogP contribution in [0.5, 0.6) is 5.75 Å². The van der Waals surface area contributed by atoms with E-state index in [1.165, 1.54) is 12.8 Å². The molecule has 0 aromatic heterocycles. The van der Waals surface area contributed by atoms with Crippen LogP contribution < -0.4 is 15.4 Å². The van der Waals surface area contributed by atoms with Crippen molar-refractivity contribution in [1.29, 1.82) is 0 Å². The Bertz CT molecular complexity index is 539. The van der Waals surface area contributed by atoms with Crippen LogP contribution in [0, 0.1) is 6.92 Å². The molecular formula is C16H21BrN2O2. The van der Waals surface area contributed by atoms with Gasteiger partial charge < -0.3 is 15.4 Å². The average molecular weight is 353 g/mol. The Morgan fingerprint density at radius 2 is 2.00 bits per heavy atom. The van der Waals surface area contributed by atoms with Gasteiger partial charge in [0.25, 0.3) is 5.91 Å². The van der Waals surface area contributed by atoms with E-state index in [-0.39, 0.29) is 12.5 Å². The molecule has 0 radical (unpaired) electrons. The number of carbonyl (C=O) groups excluding carboxylic acids is 1. The molecule has 2 saturated carbocycles. The minimum absolute atomic E-state index is 0.0269. The van der Waals surface area contributed by atoms with Gasteiger partial charge in [0, 0.05) is 28.7 Å². The Morgan fingerprint density at radius 1 is 1.29 bits per heavy atom. The summed E-state index contributed by atoms with van der Waals surface area (Å²) in [5.74, 6) is 0.804. The number of halogens is 1. The molecule has 2 aliphatic carbocycles. The van der Waals surface area contributed by atoms with Crippen molar-refractivity contribution in [2.45, 2.75) is 51.2 Å². The summed E-state index contributed by atoms with van der Waals surface area (Å²) >= 11 is 3.53. The van der Waals surface area contributed by atoms with Crippen LogP contribution >= 0.6 is 15.9 Å². The summed E-state index contributed by atoms with van der Waals surface area (Å²) in [4.78, 5) is 11.8. The fourth-order valence-corrected chi connectivity index (χ4v) is 2.93. The summed E-state index contributed by atoms with van der Waals surface area (Å²) in [6.07, 6.45) is 4.71. The zero-order chi connectivity index (χ0) is 14.8. The third kappa shape index (κ3) is 4.45. The van der Waals surface area contributed by atoms with Crippen molar-refractivity contribution in [3.63, 3.8) is 0 Å². The normalized spacial score (nSPS) is 17.6. The van der Waals surface area contributed by atoms with Crippen molar-refractivity contribution in [3.8, 4) is 5.75 Å². The second-order valence-electron chi connectivity index (χ2n) is 6.00. The highest BCUT2D eigenvalue weighted by atomic mass is 79.9. The summed E-state index contributed by atoms with van der Waals surface area (Å²) in [5.41, 5.74) is 2.16. The van der Waals surface area contributed by atoms with Crippen LogP contribution in [-0.4, -0.2) is 24.6 Å². The van der Waals surface area contributed by atoms with Crippen molar-refractivity contribution in [3.05, 3.63) is 27.7 Å². The van der Waals surface area contributed by atoms with E-state index >= 15 is 0 Å². The van der Waals surface area contributed by atoms with E-state index in [1.54, 1.807) is 0 Å². The molecule has 0 spiro atoms. The highest BCUT2D eigenvalue weighted by molar-refractivity contribution is 9.10. The van der Waals surface area contributed by atoms with Gasteiger partial charge in [-0.25, -0.2) is 0 Å². The molecule has 0 atom stereocenters. The first-order valence-electron chi connectivity index (χ1n) is 7.56. The van der Waals surface area contributed by atoms with Crippen molar-refractivity contribution in [2.24, 2.45) is 0 Å². The summed E-state index contributed by atoms with van der Waals surface area (Å²) in [7, 11) is 0. The molecule has 0 saturated heterocycles. The SMILES string of the molecule is Cc1cc(Br)cc(CNC2CC2)c1OCC(=O)NC1CC1. The molecule has 5 heteroatoms. The number of nitrogens with one attached hydrogen (secondary N) is 2. The van der Waals surface area contributed by atoms with Gasteiger partial charge in [0.15, 0.2) is 6.61 Å². The monoisotopic (exact) mass is 352 g/mol. The summed E-state index contributed by atoms with van der Waals surface area (Å²) < 4.78 is 6.84. The van der Waals surface area contributed by atoms with E-state index in [9.17, 15) is 4.79 Å². The highest BCUT2D eigenvalue weighted by Gasteiger charge is 2.24. The van der Waals surface area contributed by atoms with Gasteiger partial charge in [-0.2, -0.15) is 0 Å². The summed E-state index contributed by atoms with van der Waals surface area (Å²) in [5, 5.41) is 6.44. The Hall–Kier alpha value is -1.07.